The highest BCUT2D eigenvalue weighted by Crippen LogP contribution is 2.06. The summed E-state index contributed by atoms with van der Waals surface area (Å²) in [4.78, 5) is 0. The van der Waals surface area contributed by atoms with Crippen LogP contribution >= 0.6 is 0 Å². The van der Waals surface area contributed by atoms with Gasteiger partial charge in [-0.15, -0.1) is 5.10 Å². The first-order valence-electron chi connectivity index (χ1n) is 6.26. The lowest BCUT2D eigenvalue weighted by molar-refractivity contribution is 0.624. The molecule has 3 aromatic rings. The fourth-order valence-corrected chi connectivity index (χ4v) is 1.59. The smallest absolute Gasteiger partial charge is 0.140 e. The monoisotopic (exact) mass is 291 g/mol. The van der Waals surface area contributed by atoms with Gasteiger partial charge in [-0.05, 0) is 36.4 Å². The van der Waals surface area contributed by atoms with Gasteiger partial charge in [0.2, 0.25) is 0 Å². The van der Waals surface area contributed by atoms with Crippen molar-refractivity contribution in [1.29, 1.82) is 10.5 Å². The first-order chi connectivity index (χ1) is 10.7. The Morgan fingerprint density at radius 3 is 2.18 bits per heavy atom. The molecular formula is C16H10FN5. The van der Waals surface area contributed by atoms with Gasteiger partial charge in [-0.25, -0.2) is 9.07 Å². The molecule has 0 radical (unpaired) electrons. The number of benzene rings is 2. The minimum absolute atomic E-state index is 0.0949. The summed E-state index contributed by atoms with van der Waals surface area (Å²) >= 11 is 0. The van der Waals surface area contributed by atoms with Gasteiger partial charge in [0, 0.05) is 0 Å². The van der Waals surface area contributed by atoms with Gasteiger partial charge in [0.25, 0.3) is 0 Å². The Bertz CT molecular complexity index is 811. The van der Waals surface area contributed by atoms with E-state index in [0.717, 1.165) is 5.69 Å². The predicted molar refractivity (Wildman–Crippen MR) is 77.2 cm³/mol. The Labute approximate surface area is 126 Å². The van der Waals surface area contributed by atoms with Crippen LogP contribution < -0.4 is 0 Å². The summed E-state index contributed by atoms with van der Waals surface area (Å²) in [5.74, 6) is -0.458. The first kappa shape index (κ1) is 14.9. The lowest BCUT2D eigenvalue weighted by atomic mass is 10.2. The third-order valence-corrected chi connectivity index (χ3v) is 2.68. The van der Waals surface area contributed by atoms with Crippen LogP contribution in [0.2, 0.25) is 0 Å². The molecular weight excluding hydrogens is 281 g/mol. The van der Waals surface area contributed by atoms with Crippen molar-refractivity contribution >= 4 is 0 Å². The summed E-state index contributed by atoms with van der Waals surface area (Å²) in [6.07, 6.45) is 3.36. The zero-order valence-electron chi connectivity index (χ0n) is 11.4. The number of halogens is 1. The Kier molecular flexibility index (Phi) is 4.95. The van der Waals surface area contributed by atoms with Crippen LogP contribution in [0.5, 0.6) is 0 Å². The van der Waals surface area contributed by atoms with E-state index in [4.69, 9.17) is 10.5 Å². The third-order valence-electron chi connectivity index (χ3n) is 2.68. The Morgan fingerprint density at radius 1 is 0.955 bits per heavy atom. The SMILES string of the molecule is N#Cc1ccc(-n2ccnn2)cc1.N#Cc1ccccc1F. The van der Waals surface area contributed by atoms with Crippen molar-refractivity contribution in [3.63, 3.8) is 0 Å². The Morgan fingerprint density at radius 2 is 1.68 bits per heavy atom. The second-order valence-corrected chi connectivity index (χ2v) is 4.10. The van der Waals surface area contributed by atoms with Crippen LogP contribution in [-0.2, 0) is 0 Å². The lowest BCUT2D eigenvalue weighted by Crippen LogP contribution is -1.94. The maximum atomic E-state index is 12.4. The number of aromatic nitrogens is 3. The summed E-state index contributed by atoms with van der Waals surface area (Å²) in [5.41, 5.74) is 1.64. The van der Waals surface area contributed by atoms with Gasteiger partial charge in [0.1, 0.15) is 11.9 Å². The molecule has 0 fully saturated rings. The van der Waals surface area contributed by atoms with Crippen molar-refractivity contribution in [2.75, 3.05) is 0 Å². The summed E-state index contributed by atoms with van der Waals surface area (Å²) in [5, 5.41) is 24.3. The van der Waals surface area contributed by atoms with E-state index in [-0.39, 0.29) is 5.56 Å². The largest absolute Gasteiger partial charge is 0.221 e. The van der Waals surface area contributed by atoms with E-state index in [9.17, 15) is 4.39 Å². The number of nitrogens with zero attached hydrogens (tertiary/aromatic N) is 5. The molecule has 0 aliphatic heterocycles. The average Bonchev–Trinajstić information content (AvgIpc) is 3.10. The van der Waals surface area contributed by atoms with Gasteiger partial charge in [-0.3, -0.25) is 0 Å². The van der Waals surface area contributed by atoms with Gasteiger partial charge in [0.05, 0.1) is 35.3 Å². The molecule has 0 N–H and O–H groups in total. The van der Waals surface area contributed by atoms with E-state index in [1.165, 1.54) is 12.1 Å². The van der Waals surface area contributed by atoms with Crippen molar-refractivity contribution in [2.24, 2.45) is 0 Å². The molecule has 3 rings (SSSR count). The van der Waals surface area contributed by atoms with E-state index in [1.807, 2.05) is 12.1 Å². The molecule has 0 saturated heterocycles. The maximum Gasteiger partial charge on any atom is 0.140 e. The third kappa shape index (κ3) is 3.75. The van der Waals surface area contributed by atoms with Crippen LogP contribution in [0.1, 0.15) is 11.1 Å². The molecule has 0 aliphatic rings. The van der Waals surface area contributed by atoms with E-state index in [1.54, 1.807) is 47.4 Å². The number of rotatable bonds is 1. The number of hydrogen-bond acceptors (Lipinski definition) is 4. The average molecular weight is 291 g/mol. The fraction of sp³-hybridized carbons (Fsp3) is 0. The molecule has 106 valence electrons. The summed E-state index contributed by atoms with van der Waals surface area (Å²) in [6.45, 7) is 0. The molecule has 6 heteroatoms. The highest BCUT2D eigenvalue weighted by molar-refractivity contribution is 5.38. The van der Waals surface area contributed by atoms with Crippen LogP contribution in [0, 0.1) is 28.5 Å². The Balaban J connectivity index is 0.000000172. The normalized spacial score (nSPS) is 9.05. The highest BCUT2D eigenvalue weighted by atomic mass is 19.1. The Hall–Kier alpha value is -3.51. The molecule has 1 aromatic heterocycles. The highest BCUT2D eigenvalue weighted by Gasteiger charge is 1.96. The minimum atomic E-state index is -0.458. The van der Waals surface area contributed by atoms with Gasteiger partial charge in [0.15, 0.2) is 0 Å². The van der Waals surface area contributed by atoms with E-state index in [0.29, 0.717) is 5.56 Å². The standard InChI is InChI=1S/C9H6N4.C7H4FN/c10-7-8-1-3-9(4-2-8)13-6-5-11-12-13;8-7-4-2-1-3-6(7)5-9/h1-6H;1-4H. The molecule has 0 aliphatic carbocycles. The van der Waals surface area contributed by atoms with Crippen molar-refractivity contribution < 1.29 is 4.39 Å². The second-order valence-electron chi connectivity index (χ2n) is 4.10. The van der Waals surface area contributed by atoms with E-state index < -0.39 is 5.82 Å². The van der Waals surface area contributed by atoms with Crippen molar-refractivity contribution in [3.8, 4) is 17.8 Å². The molecule has 0 saturated carbocycles. The second kappa shape index (κ2) is 7.32. The van der Waals surface area contributed by atoms with Crippen molar-refractivity contribution in [1.82, 2.24) is 15.0 Å². The van der Waals surface area contributed by atoms with Crippen LogP contribution in [0.25, 0.3) is 5.69 Å². The summed E-state index contributed by atoms with van der Waals surface area (Å²) < 4.78 is 14.0. The first-order valence-corrected chi connectivity index (χ1v) is 6.26. The van der Waals surface area contributed by atoms with Gasteiger partial charge in [-0.1, -0.05) is 17.3 Å². The zero-order valence-corrected chi connectivity index (χ0v) is 11.4. The van der Waals surface area contributed by atoms with Crippen LogP contribution in [-0.4, -0.2) is 15.0 Å². The van der Waals surface area contributed by atoms with Crippen LogP contribution in [0.3, 0.4) is 0 Å². The molecule has 22 heavy (non-hydrogen) atoms. The van der Waals surface area contributed by atoms with Crippen LogP contribution in [0.15, 0.2) is 60.9 Å². The van der Waals surface area contributed by atoms with Crippen LogP contribution in [0.4, 0.5) is 4.39 Å². The van der Waals surface area contributed by atoms with Gasteiger partial charge >= 0.3 is 0 Å². The van der Waals surface area contributed by atoms with Gasteiger partial charge in [-0.2, -0.15) is 10.5 Å². The molecule has 0 unspecified atom stereocenters. The molecule has 1 heterocycles. The van der Waals surface area contributed by atoms with E-state index >= 15 is 0 Å². The van der Waals surface area contributed by atoms with Crippen molar-refractivity contribution in [3.05, 3.63) is 77.9 Å². The molecule has 5 nitrogen and oxygen atoms in total. The number of hydrogen-bond donors (Lipinski definition) is 0. The molecule has 0 atom stereocenters. The molecule has 0 spiro atoms. The summed E-state index contributed by atoms with van der Waals surface area (Å²) in [6, 6.07) is 16.8. The minimum Gasteiger partial charge on any atom is -0.221 e. The van der Waals surface area contributed by atoms with Crippen molar-refractivity contribution in [2.45, 2.75) is 0 Å². The fourth-order valence-electron chi connectivity index (χ4n) is 1.59. The molecule has 0 amide bonds. The quantitative estimate of drug-likeness (QED) is 0.690. The topological polar surface area (TPSA) is 78.3 Å². The predicted octanol–water partition coefficient (Wildman–Crippen LogP) is 2.84. The van der Waals surface area contributed by atoms with Gasteiger partial charge < -0.3 is 0 Å². The summed E-state index contributed by atoms with van der Waals surface area (Å²) in [7, 11) is 0. The zero-order chi connectivity index (χ0) is 15.8. The maximum absolute atomic E-state index is 12.4. The lowest BCUT2D eigenvalue weighted by Gasteiger charge is -1.97. The number of nitriles is 2. The molecule has 2 aromatic carbocycles. The molecule has 0 bridgehead atoms. The van der Waals surface area contributed by atoms with E-state index in [2.05, 4.69) is 16.4 Å².